The first-order valence-electron chi connectivity index (χ1n) is 7.97. The zero-order chi connectivity index (χ0) is 17.1. The standard InChI is InChI=1S/C18H13FN4O2/c19-8-3-4-9-13(6-8)21-16-10(2-1-5-20-16)15-14(9)22-17(23-15)11-7-12(11)18(24)25/h1-6,11-12H,7H2,(H,20,21)(H,22,23)(H,24,25)/t11?,12-/m1/s1. The molecule has 0 amide bonds. The molecule has 1 unspecified atom stereocenters. The first-order valence-corrected chi connectivity index (χ1v) is 7.97. The van der Waals surface area contributed by atoms with Crippen LogP contribution in [0.1, 0.15) is 18.2 Å². The van der Waals surface area contributed by atoms with Crippen LogP contribution in [0, 0.1) is 11.7 Å². The van der Waals surface area contributed by atoms with Crippen molar-refractivity contribution >= 4 is 17.5 Å². The molecule has 3 heterocycles. The molecular weight excluding hydrogens is 323 g/mol. The van der Waals surface area contributed by atoms with Crippen LogP contribution in [0.4, 0.5) is 15.9 Å². The molecule has 2 atom stereocenters. The predicted molar refractivity (Wildman–Crippen MR) is 89.0 cm³/mol. The van der Waals surface area contributed by atoms with Gasteiger partial charge in [0.25, 0.3) is 0 Å². The van der Waals surface area contributed by atoms with Crippen molar-refractivity contribution in [3.05, 3.63) is 48.2 Å². The zero-order valence-electron chi connectivity index (χ0n) is 13.0. The Morgan fingerprint density at radius 3 is 2.96 bits per heavy atom. The van der Waals surface area contributed by atoms with Crippen molar-refractivity contribution in [1.82, 2.24) is 15.0 Å². The number of hydrogen-bond acceptors (Lipinski definition) is 4. The Morgan fingerprint density at radius 1 is 1.28 bits per heavy atom. The summed E-state index contributed by atoms with van der Waals surface area (Å²) >= 11 is 0. The molecule has 5 rings (SSSR count). The zero-order valence-corrected chi connectivity index (χ0v) is 13.0. The molecule has 3 N–H and O–H groups in total. The Bertz CT molecular complexity index is 1030. The number of nitrogens with one attached hydrogen (secondary N) is 2. The van der Waals surface area contributed by atoms with E-state index in [1.165, 1.54) is 12.1 Å². The van der Waals surface area contributed by atoms with E-state index in [4.69, 9.17) is 0 Å². The summed E-state index contributed by atoms with van der Waals surface area (Å²) in [6.07, 6.45) is 2.24. The maximum Gasteiger partial charge on any atom is 0.307 e. The van der Waals surface area contributed by atoms with Gasteiger partial charge in [0.05, 0.1) is 17.3 Å². The number of H-pyrrole nitrogens is 1. The van der Waals surface area contributed by atoms with E-state index in [9.17, 15) is 14.3 Å². The van der Waals surface area contributed by atoms with Gasteiger partial charge >= 0.3 is 5.97 Å². The number of aliphatic carboxylic acids is 1. The number of nitrogens with zero attached hydrogens (tertiary/aromatic N) is 2. The van der Waals surface area contributed by atoms with E-state index in [1.54, 1.807) is 12.3 Å². The second-order valence-electron chi connectivity index (χ2n) is 6.35. The molecule has 0 saturated heterocycles. The van der Waals surface area contributed by atoms with Crippen molar-refractivity contribution in [2.24, 2.45) is 5.92 Å². The number of rotatable bonds is 2. The molecule has 1 aromatic carbocycles. The molecule has 6 nitrogen and oxygen atoms in total. The Morgan fingerprint density at radius 2 is 2.16 bits per heavy atom. The first-order chi connectivity index (χ1) is 12.1. The monoisotopic (exact) mass is 336 g/mol. The number of carboxylic acids is 1. The van der Waals surface area contributed by atoms with E-state index in [0.29, 0.717) is 29.4 Å². The Balaban J connectivity index is 1.72. The first kappa shape index (κ1) is 14.2. The highest BCUT2D eigenvalue weighted by molar-refractivity contribution is 5.94. The number of benzene rings is 1. The van der Waals surface area contributed by atoms with E-state index in [2.05, 4.69) is 20.3 Å². The number of fused-ring (bicyclic) bond motifs is 5. The number of aromatic nitrogens is 3. The molecule has 1 aliphatic heterocycles. The maximum absolute atomic E-state index is 13.7. The third kappa shape index (κ3) is 2.12. The Hall–Kier alpha value is -3.22. The average Bonchev–Trinajstić information content (AvgIpc) is 3.31. The minimum atomic E-state index is -0.803. The molecule has 1 aliphatic carbocycles. The molecule has 1 fully saturated rings. The fourth-order valence-corrected chi connectivity index (χ4v) is 3.39. The van der Waals surface area contributed by atoms with Crippen molar-refractivity contribution in [1.29, 1.82) is 0 Å². The molecule has 1 saturated carbocycles. The molecule has 3 aromatic rings. The van der Waals surface area contributed by atoms with Crippen molar-refractivity contribution < 1.29 is 14.3 Å². The van der Waals surface area contributed by atoms with Crippen molar-refractivity contribution in [2.75, 3.05) is 5.32 Å². The fraction of sp³-hybridized carbons (Fsp3) is 0.167. The molecular formula is C18H13FN4O2. The predicted octanol–water partition coefficient (Wildman–Crippen LogP) is 3.52. The summed E-state index contributed by atoms with van der Waals surface area (Å²) in [5.41, 5.74) is 3.62. The van der Waals surface area contributed by atoms with E-state index in [1.807, 2.05) is 12.1 Å². The van der Waals surface area contributed by atoms with Gasteiger partial charge in [0.15, 0.2) is 0 Å². The molecule has 7 heteroatoms. The molecule has 0 spiro atoms. The SMILES string of the molecule is O=C(O)[C@@H]1CC1c1nc2c([nH]1)-c1ccc(F)cc1Nc1ncccc1-2. The summed E-state index contributed by atoms with van der Waals surface area (Å²) in [7, 11) is 0. The van der Waals surface area contributed by atoms with Crippen molar-refractivity contribution in [3.8, 4) is 22.5 Å². The Labute approximate surface area is 141 Å². The minimum absolute atomic E-state index is 0.110. The lowest BCUT2D eigenvalue weighted by atomic mass is 10.1. The lowest BCUT2D eigenvalue weighted by Crippen LogP contribution is -2.00. The highest BCUT2D eigenvalue weighted by Gasteiger charge is 2.46. The lowest BCUT2D eigenvalue weighted by molar-refractivity contribution is -0.138. The van der Waals surface area contributed by atoms with Crippen LogP contribution in [0.5, 0.6) is 0 Å². The average molecular weight is 336 g/mol. The van der Waals surface area contributed by atoms with Crippen LogP contribution >= 0.6 is 0 Å². The number of carbonyl (C=O) groups is 1. The van der Waals surface area contributed by atoms with Gasteiger partial charge in [-0.25, -0.2) is 14.4 Å². The van der Waals surface area contributed by atoms with Gasteiger partial charge in [-0.3, -0.25) is 4.79 Å². The number of carboxylic acid groups (broad SMARTS) is 1. The summed E-state index contributed by atoms with van der Waals surface area (Å²) in [4.78, 5) is 23.5. The largest absolute Gasteiger partial charge is 0.481 e. The van der Waals surface area contributed by atoms with Crippen LogP contribution < -0.4 is 5.32 Å². The molecule has 2 aliphatic rings. The number of anilines is 2. The van der Waals surface area contributed by atoms with Crippen LogP contribution in [0.15, 0.2) is 36.5 Å². The van der Waals surface area contributed by atoms with E-state index in [0.717, 1.165) is 16.8 Å². The van der Waals surface area contributed by atoms with Crippen LogP contribution in [0.2, 0.25) is 0 Å². The van der Waals surface area contributed by atoms with Gasteiger partial charge in [-0.2, -0.15) is 0 Å². The lowest BCUT2D eigenvalue weighted by Gasteiger charge is -2.08. The van der Waals surface area contributed by atoms with E-state index < -0.39 is 11.9 Å². The number of hydrogen-bond donors (Lipinski definition) is 3. The summed E-state index contributed by atoms with van der Waals surface area (Å²) in [6.45, 7) is 0. The number of imidazole rings is 1. The van der Waals surface area contributed by atoms with Crippen molar-refractivity contribution in [3.63, 3.8) is 0 Å². The normalized spacial score (nSPS) is 19.9. The van der Waals surface area contributed by atoms with E-state index in [-0.39, 0.29) is 11.7 Å². The summed E-state index contributed by atoms with van der Waals surface area (Å²) < 4.78 is 13.7. The molecule has 0 bridgehead atoms. The fourth-order valence-electron chi connectivity index (χ4n) is 3.39. The third-order valence-corrected chi connectivity index (χ3v) is 4.75. The van der Waals surface area contributed by atoms with Gasteiger partial charge in [0, 0.05) is 23.2 Å². The highest BCUT2D eigenvalue weighted by atomic mass is 19.1. The second kappa shape index (κ2) is 4.89. The van der Waals surface area contributed by atoms with Crippen LogP contribution in [-0.2, 0) is 4.79 Å². The third-order valence-electron chi connectivity index (χ3n) is 4.75. The molecule has 0 radical (unpaired) electrons. The van der Waals surface area contributed by atoms with Gasteiger partial charge in [0.2, 0.25) is 0 Å². The quantitative estimate of drug-likeness (QED) is 0.521. The maximum atomic E-state index is 13.7. The highest BCUT2D eigenvalue weighted by Crippen LogP contribution is 2.49. The molecule has 124 valence electrons. The summed E-state index contributed by atoms with van der Waals surface area (Å²) in [5, 5.41) is 12.3. The van der Waals surface area contributed by atoms with Crippen LogP contribution in [0.25, 0.3) is 22.5 Å². The van der Waals surface area contributed by atoms with Crippen LogP contribution in [0.3, 0.4) is 0 Å². The number of aromatic amines is 1. The summed E-state index contributed by atoms with van der Waals surface area (Å²) in [5.74, 6) is -0.403. The second-order valence-corrected chi connectivity index (χ2v) is 6.35. The van der Waals surface area contributed by atoms with Gasteiger partial charge in [0.1, 0.15) is 23.2 Å². The number of pyridine rings is 1. The van der Waals surface area contributed by atoms with Gasteiger partial charge in [-0.15, -0.1) is 0 Å². The van der Waals surface area contributed by atoms with Gasteiger partial charge in [-0.1, -0.05) is 0 Å². The van der Waals surface area contributed by atoms with Crippen molar-refractivity contribution in [2.45, 2.75) is 12.3 Å². The molecule has 25 heavy (non-hydrogen) atoms. The minimum Gasteiger partial charge on any atom is -0.481 e. The van der Waals surface area contributed by atoms with Gasteiger partial charge in [-0.05, 0) is 36.8 Å². The molecule has 2 aromatic heterocycles. The number of halogens is 1. The summed E-state index contributed by atoms with van der Waals surface area (Å²) in [6, 6.07) is 8.20. The van der Waals surface area contributed by atoms with E-state index >= 15 is 0 Å². The smallest absolute Gasteiger partial charge is 0.307 e. The van der Waals surface area contributed by atoms with Crippen LogP contribution in [-0.4, -0.2) is 26.0 Å². The Kier molecular flexibility index (Phi) is 2.77. The topological polar surface area (TPSA) is 90.9 Å². The van der Waals surface area contributed by atoms with Gasteiger partial charge < -0.3 is 15.4 Å².